The highest BCUT2D eigenvalue weighted by molar-refractivity contribution is 7.22. The average molecular weight is 398 g/mol. The highest BCUT2D eigenvalue weighted by Gasteiger charge is 2.17. The van der Waals surface area contributed by atoms with E-state index in [1.165, 1.54) is 22.7 Å². The lowest BCUT2D eigenvalue weighted by Gasteiger charge is -2.05. The normalized spacial score (nSPS) is 11.0. The van der Waals surface area contributed by atoms with Gasteiger partial charge in [0.1, 0.15) is 5.56 Å². The molecule has 0 atom stereocenters. The first kappa shape index (κ1) is 17.4. The van der Waals surface area contributed by atoms with Gasteiger partial charge in [0, 0.05) is 11.1 Å². The number of hydrogen-bond acceptors (Lipinski definition) is 6. The topological polar surface area (TPSA) is 96.9 Å². The summed E-state index contributed by atoms with van der Waals surface area (Å²) < 4.78 is 1.96. The number of thiazole rings is 1. The Hall–Kier alpha value is -3.04. The van der Waals surface area contributed by atoms with Gasteiger partial charge in [-0.2, -0.15) is 0 Å². The van der Waals surface area contributed by atoms with Gasteiger partial charge in [0.2, 0.25) is 0 Å². The third-order valence-electron chi connectivity index (χ3n) is 4.04. The first-order chi connectivity index (χ1) is 13.0. The maximum Gasteiger partial charge on any atom is 0.328 e. The summed E-state index contributed by atoms with van der Waals surface area (Å²) in [4.78, 5) is 45.0. The molecule has 3 heterocycles. The van der Waals surface area contributed by atoms with E-state index in [0.29, 0.717) is 5.13 Å². The number of aryl methyl sites for hydroxylation is 1. The molecule has 0 aliphatic heterocycles. The zero-order valence-electron chi connectivity index (χ0n) is 14.2. The lowest BCUT2D eigenvalue weighted by molar-refractivity contribution is 0.102. The highest BCUT2D eigenvalue weighted by Crippen LogP contribution is 2.27. The summed E-state index contributed by atoms with van der Waals surface area (Å²) in [6, 6.07) is 9.45. The van der Waals surface area contributed by atoms with Crippen molar-refractivity contribution in [2.75, 3.05) is 5.32 Å². The molecule has 0 radical (unpaired) electrons. The molecule has 7 nitrogen and oxygen atoms in total. The van der Waals surface area contributed by atoms with E-state index in [1.54, 1.807) is 0 Å². The van der Waals surface area contributed by atoms with Crippen LogP contribution in [0.3, 0.4) is 0 Å². The fourth-order valence-electron chi connectivity index (χ4n) is 2.68. The van der Waals surface area contributed by atoms with Crippen LogP contribution in [0.15, 0.2) is 51.5 Å². The lowest BCUT2D eigenvalue weighted by Crippen LogP contribution is -2.39. The van der Waals surface area contributed by atoms with Crippen molar-refractivity contribution in [2.24, 2.45) is 0 Å². The number of rotatable bonds is 4. The summed E-state index contributed by atoms with van der Waals surface area (Å²) in [5, 5.41) is 4.92. The Balaban J connectivity index is 1.66. The molecule has 0 saturated carbocycles. The Morgan fingerprint density at radius 2 is 2.11 bits per heavy atom. The van der Waals surface area contributed by atoms with E-state index in [2.05, 4.69) is 15.3 Å². The Bertz CT molecular complexity index is 1250. The number of benzene rings is 1. The molecule has 3 aromatic heterocycles. The molecule has 0 aliphatic carbocycles. The highest BCUT2D eigenvalue weighted by atomic mass is 32.1. The van der Waals surface area contributed by atoms with Gasteiger partial charge in [0.25, 0.3) is 11.5 Å². The van der Waals surface area contributed by atoms with E-state index < -0.39 is 17.2 Å². The van der Waals surface area contributed by atoms with E-state index in [-0.39, 0.29) is 12.1 Å². The van der Waals surface area contributed by atoms with Crippen LogP contribution in [0.5, 0.6) is 0 Å². The number of carbonyl (C=O) groups is 1. The van der Waals surface area contributed by atoms with Gasteiger partial charge in [-0.1, -0.05) is 29.5 Å². The van der Waals surface area contributed by atoms with Gasteiger partial charge in [0.05, 0.1) is 16.8 Å². The molecular formula is C18H14N4O3S2. The summed E-state index contributed by atoms with van der Waals surface area (Å²) in [6.07, 6.45) is 1.14. The minimum absolute atomic E-state index is 0.118. The molecule has 1 amide bonds. The summed E-state index contributed by atoms with van der Waals surface area (Å²) in [5.74, 6) is -0.604. The quantitative estimate of drug-likeness (QED) is 0.552. The molecule has 4 aromatic rings. The number of para-hydroxylation sites is 1. The number of amides is 1. The number of thiophene rings is 1. The molecule has 0 spiro atoms. The van der Waals surface area contributed by atoms with Crippen LogP contribution in [0.4, 0.5) is 5.13 Å². The molecule has 9 heteroatoms. The number of H-pyrrole nitrogens is 1. The molecule has 0 aliphatic rings. The Labute approximate surface area is 161 Å². The minimum Gasteiger partial charge on any atom is -0.313 e. The van der Waals surface area contributed by atoms with Crippen LogP contribution in [0.1, 0.15) is 20.8 Å². The zero-order chi connectivity index (χ0) is 19.0. The molecular weight excluding hydrogens is 384 g/mol. The first-order valence-corrected chi connectivity index (χ1v) is 9.75. The third-order valence-corrected chi connectivity index (χ3v) is 5.84. The van der Waals surface area contributed by atoms with Crippen LogP contribution in [-0.4, -0.2) is 20.4 Å². The Kier molecular flexibility index (Phi) is 4.46. The second-order valence-electron chi connectivity index (χ2n) is 5.87. The predicted molar refractivity (Wildman–Crippen MR) is 107 cm³/mol. The van der Waals surface area contributed by atoms with Crippen molar-refractivity contribution in [1.29, 1.82) is 0 Å². The maximum absolute atomic E-state index is 12.6. The van der Waals surface area contributed by atoms with Crippen LogP contribution in [-0.2, 0) is 6.54 Å². The average Bonchev–Trinajstić information content (AvgIpc) is 3.28. The second kappa shape index (κ2) is 6.93. The summed E-state index contributed by atoms with van der Waals surface area (Å²) in [6.45, 7) is 2.06. The number of nitrogens with zero attached hydrogens (tertiary/aromatic N) is 2. The van der Waals surface area contributed by atoms with Gasteiger partial charge in [-0.15, -0.1) is 11.3 Å². The second-order valence-corrected chi connectivity index (χ2v) is 7.94. The first-order valence-electron chi connectivity index (χ1n) is 8.05. The van der Waals surface area contributed by atoms with Gasteiger partial charge in [-0.25, -0.2) is 9.78 Å². The van der Waals surface area contributed by atoms with E-state index in [4.69, 9.17) is 0 Å². The summed E-state index contributed by atoms with van der Waals surface area (Å²) in [5.41, 5.74) is 0.491. The predicted octanol–water partition coefficient (Wildman–Crippen LogP) is 2.82. The van der Waals surface area contributed by atoms with E-state index in [0.717, 1.165) is 31.4 Å². The van der Waals surface area contributed by atoms with Gasteiger partial charge in [0.15, 0.2) is 5.13 Å². The number of aromatic nitrogens is 3. The van der Waals surface area contributed by atoms with Crippen LogP contribution in [0, 0.1) is 6.92 Å². The number of aromatic amines is 1. The number of nitrogens with one attached hydrogen (secondary N) is 2. The molecule has 0 unspecified atom stereocenters. The third kappa shape index (κ3) is 3.34. The minimum atomic E-state index is -0.637. The Morgan fingerprint density at radius 3 is 2.85 bits per heavy atom. The van der Waals surface area contributed by atoms with Crippen LogP contribution in [0.25, 0.3) is 10.2 Å². The molecule has 27 heavy (non-hydrogen) atoms. The van der Waals surface area contributed by atoms with E-state index in [9.17, 15) is 14.4 Å². The molecule has 2 N–H and O–H groups in total. The summed E-state index contributed by atoms with van der Waals surface area (Å²) >= 11 is 2.76. The van der Waals surface area contributed by atoms with E-state index >= 15 is 0 Å². The summed E-state index contributed by atoms with van der Waals surface area (Å²) in [7, 11) is 0. The molecule has 0 fully saturated rings. The molecule has 136 valence electrons. The number of anilines is 1. The van der Waals surface area contributed by atoms with Crippen molar-refractivity contribution in [1.82, 2.24) is 14.5 Å². The number of carbonyl (C=O) groups excluding carboxylic acids is 1. The van der Waals surface area contributed by atoms with Crippen molar-refractivity contribution >= 4 is 43.9 Å². The SMILES string of the molecule is Cc1cccc2sc(NC(=O)c3c[nH]c(=O)n(Cc4cccs4)c3=O)nc12. The fourth-order valence-corrected chi connectivity index (χ4v) is 4.31. The molecule has 1 aromatic carbocycles. The zero-order valence-corrected chi connectivity index (χ0v) is 15.8. The van der Waals surface area contributed by atoms with Crippen molar-refractivity contribution in [3.05, 3.63) is 78.8 Å². The molecule has 0 bridgehead atoms. The largest absolute Gasteiger partial charge is 0.328 e. The Morgan fingerprint density at radius 1 is 1.26 bits per heavy atom. The van der Waals surface area contributed by atoms with Gasteiger partial charge in [-0.3, -0.25) is 19.5 Å². The van der Waals surface area contributed by atoms with Crippen LogP contribution in [0.2, 0.25) is 0 Å². The van der Waals surface area contributed by atoms with Gasteiger partial charge < -0.3 is 4.98 Å². The fraction of sp³-hybridized carbons (Fsp3) is 0.111. The van der Waals surface area contributed by atoms with Crippen molar-refractivity contribution in [3.8, 4) is 0 Å². The van der Waals surface area contributed by atoms with Crippen molar-refractivity contribution < 1.29 is 4.79 Å². The van der Waals surface area contributed by atoms with Crippen LogP contribution >= 0.6 is 22.7 Å². The van der Waals surface area contributed by atoms with Crippen LogP contribution < -0.4 is 16.6 Å². The monoisotopic (exact) mass is 398 g/mol. The van der Waals surface area contributed by atoms with E-state index in [1.807, 2.05) is 42.6 Å². The maximum atomic E-state index is 12.6. The smallest absolute Gasteiger partial charge is 0.313 e. The lowest BCUT2D eigenvalue weighted by atomic mass is 10.2. The van der Waals surface area contributed by atoms with Gasteiger partial charge in [-0.05, 0) is 30.0 Å². The molecule has 0 saturated heterocycles. The standard InChI is InChI=1S/C18H14N4O3S2/c1-10-4-2-6-13-14(10)20-17(27-13)21-15(23)12-8-19-18(25)22(16(12)24)9-11-5-3-7-26-11/h2-8H,9H2,1H3,(H,19,25)(H,20,21,23). The molecule has 4 rings (SSSR count). The van der Waals surface area contributed by atoms with Gasteiger partial charge >= 0.3 is 5.69 Å². The number of hydrogen-bond donors (Lipinski definition) is 2. The van der Waals surface area contributed by atoms with Crippen molar-refractivity contribution in [3.63, 3.8) is 0 Å². The number of fused-ring (bicyclic) bond motifs is 1. The van der Waals surface area contributed by atoms with Crippen molar-refractivity contribution in [2.45, 2.75) is 13.5 Å².